The van der Waals surface area contributed by atoms with Crippen molar-refractivity contribution in [2.45, 2.75) is 32.2 Å². The first-order valence-corrected chi connectivity index (χ1v) is 9.53. The number of fused-ring (bicyclic) bond motifs is 1. The van der Waals surface area contributed by atoms with Gasteiger partial charge in [0, 0.05) is 27.6 Å². The van der Waals surface area contributed by atoms with Crippen LogP contribution in [0, 0.1) is 6.92 Å². The molecule has 0 bridgehead atoms. The lowest BCUT2D eigenvalue weighted by Gasteiger charge is -2.09. The van der Waals surface area contributed by atoms with Crippen molar-refractivity contribution < 1.29 is 19.7 Å². The number of hydrogen-bond donors (Lipinski definition) is 2. The highest BCUT2D eigenvalue weighted by Crippen LogP contribution is 2.46. The van der Waals surface area contributed by atoms with Gasteiger partial charge in [0.05, 0.1) is 7.11 Å². The standard InChI is InChI=1S/C20H20BrNO.CH2O3/c1-13-20(15-5-6-15)18-11-17(23-2)9-10-19(18)22(13)12-14-3-7-16(21)8-4-14;2-1(3)4/h3-4,7-11,15H,5-6,12H2,1-2H3;(H2,2,3,4). The van der Waals surface area contributed by atoms with Gasteiger partial charge in [0.2, 0.25) is 0 Å². The molecule has 0 spiro atoms. The Bertz CT molecular complexity index is 954. The first-order valence-electron chi connectivity index (χ1n) is 8.73. The second-order valence-corrected chi connectivity index (χ2v) is 7.57. The smallest absolute Gasteiger partial charge is 0.497 e. The Balaban J connectivity index is 0.000000481. The molecule has 1 saturated carbocycles. The summed E-state index contributed by atoms with van der Waals surface area (Å²) in [5.74, 6) is 1.68. The Morgan fingerprint density at radius 3 is 2.37 bits per heavy atom. The van der Waals surface area contributed by atoms with Gasteiger partial charge < -0.3 is 19.5 Å². The highest BCUT2D eigenvalue weighted by atomic mass is 79.9. The summed E-state index contributed by atoms with van der Waals surface area (Å²) in [5, 5.41) is 15.3. The van der Waals surface area contributed by atoms with Crippen molar-refractivity contribution in [1.29, 1.82) is 0 Å². The summed E-state index contributed by atoms with van der Waals surface area (Å²) in [7, 11) is 1.74. The number of benzene rings is 2. The lowest BCUT2D eigenvalue weighted by atomic mass is 10.1. The van der Waals surface area contributed by atoms with E-state index in [2.05, 4.69) is 69.9 Å². The van der Waals surface area contributed by atoms with Crippen molar-refractivity contribution >= 4 is 33.0 Å². The van der Waals surface area contributed by atoms with E-state index in [9.17, 15) is 0 Å². The molecule has 1 aliphatic rings. The summed E-state index contributed by atoms with van der Waals surface area (Å²) in [5.41, 5.74) is 5.56. The summed E-state index contributed by atoms with van der Waals surface area (Å²) in [6, 6.07) is 15.1. The molecule has 0 unspecified atom stereocenters. The third kappa shape index (κ3) is 4.45. The normalized spacial score (nSPS) is 13.1. The van der Waals surface area contributed by atoms with Gasteiger partial charge in [0.1, 0.15) is 5.75 Å². The quantitative estimate of drug-likeness (QED) is 0.541. The molecule has 0 aliphatic heterocycles. The van der Waals surface area contributed by atoms with Crippen LogP contribution in [0.1, 0.15) is 35.6 Å². The van der Waals surface area contributed by atoms with Gasteiger partial charge in [-0.05, 0) is 67.1 Å². The zero-order chi connectivity index (χ0) is 19.6. The van der Waals surface area contributed by atoms with Crippen LogP contribution >= 0.6 is 15.9 Å². The van der Waals surface area contributed by atoms with E-state index in [0.717, 1.165) is 22.7 Å². The number of ether oxygens (including phenoxy) is 1. The molecule has 2 aromatic carbocycles. The Morgan fingerprint density at radius 1 is 1.19 bits per heavy atom. The minimum absolute atomic E-state index is 0.732. The van der Waals surface area contributed by atoms with E-state index >= 15 is 0 Å². The molecule has 1 aromatic heterocycles. The number of rotatable bonds is 4. The Labute approximate surface area is 166 Å². The summed E-state index contributed by atoms with van der Waals surface area (Å²) in [6.45, 7) is 3.17. The van der Waals surface area contributed by atoms with Gasteiger partial charge in [-0.3, -0.25) is 0 Å². The van der Waals surface area contributed by atoms with Gasteiger partial charge in [-0.25, -0.2) is 4.79 Å². The first kappa shape index (κ1) is 19.3. The Hall–Kier alpha value is -2.47. The van der Waals surface area contributed by atoms with E-state index in [1.165, 1.54) is 40.6 Å². The molecule has 1 heterocycles. The molecule has 6 heteroatoms. The number of nitrogens with zero attached hydrogens (tertiary/aromatic N) is 1. The minimum atomic E-state index is -1.83. The van der Waals surface area contributed by atoms with Gasteiger partial charge in [0.25, 0.3) is 0 Å². The number of halogens is 1. The fourth-order valence-corrected chi connectivity index (χ4v) is 3.74. The van der Waals surface area contributed by atoms with Gasteiger partial charge in [-0.1, -0.05) is 28.1 Å². The number of hydrogen-bond acceptors (Lipinski definition) is 2. The van der Waals surface area contributed by atoms with Crippen LogP contribution in [-0.2, 0) is 6.54 Å². The average Bonchev–Trinajstić information content (AvgIpc) is 3.42. The van der Waals surface area contributed by atoms with Crippen molar-refractivity contribution in [3.63, 3.8) is 0 Å². The SMILES string of the molecule is COc1ccc2c(c1)c(C1CC1)c(C)n2Cc1ccc(Br)cc1.O=C(O)O. The molecule has 0 saturated heterocycles. The third-order valence-electron chi connectivity index (χ3n) is 4.82. The molecule has 1 fully saturated rings. The van der Waals surface area contributed by atoms with Crippen molar-refractivity contribution in [3.8, 4) is 5.75 Å². The number of aromatic nitrogens is 1. The molecule has 142 valence electrons. The molecule has 5 nitrogen and oxygen atoms in total. The third-order valence-corrected chi connectivity index (χ3v) is 5.35. The monoisotopic (exact) mass is 431 g/mol. The number of carboxylic acid groups (broad SMARTS) is 2. The maximum Gasteiger partial charge on any atom is 0.503 e. The van der Waals surface area contributed by atoms with Crippen LogP contribution in [0.25, 0.3) is 10.9 Å². The van der Waals surface area contributed by atoms with Crippen LogP contribution < -0.4 is 4.74 Å². The van der Waals surface area contributed by atoms with Crippen LogP contribution in [0.4, 0.5) is 4.79 Å². The molecule has 0 radical (unpaired) electrons. The van der Waals surface area contributed by atoms with Crippen LogP contribution in [0.15, 0.2) is 46.9 Å². The van der Waals surface area contributed by atoms with E-state index in [-0.39, 0.29) is 0 Å². The molecule has 2 N–H and O–H groups in total. The van der Waals surface area contributed by atoms with E-state index in [0.29, 0.717) is 0 Å². The maximum atomic E-state index is 8.56. The molecular formula is C21H22BrNO4. The van der Waals surface area contributed by atoms with Crippen molar-refractivity contribution in [2.24, 2.45) is 0 Å². The van der Waals surface area contributed by atoms with Crippen molar-refractivity contribution in [3.05, 3.63) is 63.8 Å². The second-order valence-electron chi connectivity index (χ2n) is 6.65. The molecule has 0 amide bonds. The fraction of sp³-hybridized carbons (Fsp3) is 0.286. The van der Waals surface area contributed by atoms with E-state index in [1.807, 2.05) is 0 Å². The molecule has 0 atom stereocenters. The lowest BCUT2D eigenvalue weighted by molar-refractivity contribution is 0.137. The zero-order valence-corrected chi connectivity index (χ0v) is 16.9. The van der Waals surface area contributed by atoms with Crippen LogP contribution in [0.3, 0.4) is 0 Å². The summed E-state index contributed by atoms with van der Waals surface area (Å²) in [6.07, 6.45) is 0.797. The maximum absolute atomic E-state index is 8.56. The van der Waals surface area contributed by atoms with E-state index in [1.54, 1.807) is 7.11 Å². The summed E-state index contributed by atoms with van der Waals surface area (Å²) >= 11 is 3.51. The topological polar surface area (TPSA) is 71.7 Å². The van der Waals surface area contributed by atoms with Crippen LogP contribution in [0.5, 0.6) is 5.75 Å². The van der Waals surface area contributed by atoms with E-state index in [4.69, 9.17) is 19.7 Å². The zero-order valence-electron chi connectivity index (χ0n) is 15.3. The van der Waals surface area contributed by atoms with Gasteiger partial charge >= 0.3 is 6.16 Å². The number of carbonyl (C=O) groups is 1. The van der Waals surface area contributed by atoms with Gasteiger partial charge in [-0.2, -0.15) is 0 Å². The Kier molecular flexibility index (Phi) is 5.75. The lowest BCUT2D eigenvalue weighted by Crippen LogP contribution is -2.02. The van der Waals surface area contributed by atoms with Crippen LogP contribution in [0.2, 0.25) is 0 Å². The molecule has 4 rings (SSSR count). The molecule has 27 heavy (non-hydrogen) atoms. The number of methoxy groups -OCH3 is 1. The first-order chi connectivity index (χ1) is 12.9. The Morgan fingerprint density at radius 2 is 1.81 bits per heavy atom. The van der Waals surface area contributed by atoms with Crippen LogP contribution in [-0.4, -0.2) is 28.0 Å². The fourth-order valence-electron chi connectivity index (χ4n) is 3.48. The largest absolute Gasteiger partial charge is 0.503 e. The van der Waals surface area contributed by atoms with Crippen molar-refractivity contribution in [1.82, 2.24) is 4.57 Å². The molecular weight excluding hydrogens is 410 g/mol. The summed E-state index contributed by atoms with van der Waals surface area (Å²) in [4.78, 5) is 8.56. The molecule has 1 aliphatic carbocycles. The molecule has 3 aromatic rings. The van der Waals surface area contributed by atoms with Gasteiger partial charge in [0.15, 0.2) is 0 Å². The van der Waals surface area contributed by atoms with Crippen molar-refractivity contribution in [2.75, 3.05) is 7.11 Å². The highest BCUT2D eigenvalue weighted by Gasteiger charge is 2.30. The highest BCUT2D eigenvalue weighted by molar-refractivity contribution is 9.10. The summed E-state index contributed by atoms with van der Waals surface area (Å²) < 4.78 is 9.02. The van der Waals surface area contributed by atoms with Gasteiger partial charge in [-0.15, -0.1) is 0 Å². The predicted octanol–water partition coefficient (Wildman–Crippen LogP) is 5.87. The van der Waals surface area contributed by atoms with E-state index < -0.39 is 6.16 Å². The predicted molar refractivity (Wildman–Crippen MR) is 109 cm³/mol. The second kappa shape index (κ2) is 8.05. The average molecular weight is 432 g/mol. The minimum Gasteiger partial charge on any atom is -0.497 e.